The van der Waals surface area contributed by atoms with Crippen molar-refractivity contribution in [3.8, 4) is 0 Å². The Labute approximate surface area is 137 Å². The van der Waals surface area contributed by atoms with Gasteiger partial charge in [0.15, 0.2) is 0 Å². The third-order valence-corrected chi connectivity index (χ3v) is 6.31. The zero-order chi connectivity index (χ0) is 15.4. The van der Waals surface area contributed by atoms with Crippen LogP contribution in [0.5, 0.6) is 0 Å². The van der Waals surface area contributed by atoms with Crippen LogP contribution in [-0.4, -0.2) is 24.5 Å². The van der Waals surface area contributed by atoms with E-state index in [1.165, 1.54) is 70.1 Å². The molecule has 0 aromatic heterocycles. The van der Waals surface area contributed by atoms with Crippen molar-refractivity contribution in [1.82, 2.24) is 4.90 Å². The molecule has 1 aliphatic carbocycles. The summed E-state index contributed by atoms with van der Waals surface area (Å²) < 4.78 is 0. The van der Waals surface area contributed by atoms with Gasteiger partial charge >= 0.3 is 0 Å². The van der Waals surface area contributed by atoms with Gasteiger partial charge < -0.3 is 4.90 Å². The number of likely N-dealkylation sites (tertiary alicyclic amines) is 1. The Morgan fingerprint density at radius 3 is 2.09 bits per heavy atom. The predicted molar refractivity (Wildman–Crippen MR) is 95.0 cm³/mol. The highest BCUT2D eigenvalue weighted by Gasteiger charge is 2.65. The summed E-state index contributed by atoms with van der Waals surface area (Å²) in [5.74, 6) is 2.06. The van der Waals surface area contributed by atoms with Gasteiger partial charge in [-0.3, -0.25) is 0 Å². The molecule has 0 amide bonds. The van der Waals surface area contributed by atoms with Crippen LogP contribution in [0.15, 0.2) is 30.3 Å². The Hall–Kier alpha value is -0.820. The number of unbranched alkanes of at least 4 members (excludes halogenated alkanes) is 2. The SMILES string of the molecule is CCCCC1(CCCC)C2CN(CCc3ccccc3)CC21. The van der Waals surface area contributed by atoms with Crippen molar-refractivity contribution in [3.63, 3.8) is 0 Å². The van der Waals surface area contributed by atoms with Crippen LogP contribution in [0.3, 0.4) is 0 Å². The molecule has 0 spiro atoms. The second-order valence-corrected chi connectivity index (χ2v) is 7.65. The number of hydrogen-bond donors (Lipinski definition) is 0. The molecule has 0 N–H and O–H groups in total. The summed E-state index contributed by atoms with van der Waals surface area (Å²) in [6.45, 7) is 8.71. The first-order chi connectivity index (χ1) is 10.8. The van der Waals surface area contributed by atoms with E-state index >= 15 is 0 Å². The number of fused-ring (bicyclic) bond motifs is 1. The molecule has 2 atom stereocenters. The van der Waals surface area contributed by atoms with E-state index in [1.54, 1.807) is 0 Å². The Bertz CT molecular complexity index is 430. The van der Waals surface area contributed by atoms with Crippen molar-refractivity contribution in [2.45, 2.75) is 58.8 Å². The summed E-state index contributed by atoms with van der Waals surface area (Å²) in [4.78, 5) is 2.73. The smallest absolute Gasteiger partial charge is 0.00221 e. The molecule has 1 aromatic rings. The summed E-state index contributed by atoms with van der Waals surface area (Å²) in [5.41, 5.74) is 2.25. The maximum atomic E-state index is 2.73. The predicted octanol–water partition coefficient (Wildman–Crippen LogP) is 5.16. The minimum atomic E-state index is 0.759. The van der Waals surface area contributed by atoms with Gasteiger partial charge in [-0.05, 0) is 42.1 Å². The molecule has 1 aromatic carbocycles. The van der Waals surface area contributed by atoms with Gasteiger partial charge in [-0.2, -0.15) is 0 Å². The van der Waals surface area contributed by atoms with E-state index in [9.17, 15) is 0 Å². The first-order valence-electron chi connectivity index (χ1n) is 9.56. The van der Waals surface area contributed by atoms with Crippen LogP contribution in [0.1, 0.15) is 57.9 Å². The molecule has 3 rings (SSSR count). The van der Waals surface area contributed by atoms with Gasteiger partial charge in [-0.1, -0.05) is 69.9 Å². The number of benzene rings is 1. The fourth-order valence-electron chi connectivity index (χ4n) is 4.91. The standard InChI is InChI=1S/C21H33N/c1-3-5-13-21(14-6-4-2)19-16-22(17-20(19)21)15-12-18-10-8-7-9-11-18/h7-11,19-20H,3-6,12-17H2,1-2H3. The maximum absolute atomic E-state index is 2.73. The van der Waals surface area contributed by atoms with Crippen LogP contribution >= 0.6 is 0 Å². The Kier molecular flexibility index (Phi) is 5.23. The van der Waals surface area contributed by atoms with Crippen molar-refractivity contribution in [2.24, 2.45) is 17.3 Å². The Balaban J connectivity index is 1.48. The fourth-order valence-corrected chi connectivity index (χ4v) is 4.91. The lowest BCUT2D eigenvalue weighted by Crippen LogP contribution is -2.30. The van der Waals surface area contributed by atoms with Gasteiger partial charge in [-0.25, -0.2) is 0 Å². The van der Waals surface area contributed by atoms with Crippen molar-refractivity contribution in [3.05, 3.63) is 35.9 Å². The van der Waals surface area contributed by atoms with E-state index in [2.05, 4.69) is 49.1 Å². The normalized spacial score (nSPS) is 26.1. The second kappa shape index (κ2) is 7.17. The van der Waals surface area contributed by atoms with Crippen molar-refractivity contribution in [1.29, 1.82) is 0 Å². The second-order valence-electron chi connectivity index (χ2n) is 7.65. The van der Waals surface area contributed by atoms with Crippen LogP contribution < -0.4 is 0 Å². The molecule has 2 fully saturated rings. The van der Waals surface area contributed by atoms with E-state index in [0.29, 0.717) is 0 Å². The fraction of sp³-hybridized carbons (Fsp3) is 0.714. The van der Waals surface area contributed by atoms with Gasteiger partial charge in [0.2, 0.25) is 0 Å². The summed E-state index contributed by atoms with van der Waals surface area (Å²) in [6.07, 6.45) is 9.85. The first kappa shape index (κ1) is 16.1. The largest absolute Gasteiger partial charge is 0.302 e. The minimum Gasteiger partial charge on any atom is -0.302 e. The first-order valence-corrected chi connectivity index (χ1v) is 9.56. The van der Waals surface area contributed by atoms with Crippen LogP contribution in [-0.2, 0) is 6.42 Å². The highest BCUT2D eigenvalue weighted by molar-refractivity contribution is 5.17. The molecular formula is C21H33N. The molecular weight excluding hydrogens is 266 g/mol. The molecule has 1 saturated carbocycles. The third kappa shape index (κ3) is 3.25. The average molecular weight is 300 g/mol. The van der Waals surface area contributed by atoms with Crippen LogP contribution in [0.4, 0.5) is 0 Å². The summed E-state index contributed by atoms with van der Waals surface area (Å²) >= 11 is 0. The topological polar surface area (TPSA) is 3.24 Å². The molecule has 0 radical (unpaired) electrons. The van der Waals surface area contributed by atoms with Gasteiger partial charge in [0.05, 0.1) is 0 Å². The molecule has 1 heteroatoms. The monoisotopic (exact) mass is 299 g/mol. The van der Waals surface area contributed by atoms with E-state index in [0.717, 1.165) is 17.3 Å². The Morgan fingerprint density at radius 2 is 1.55 bits per heavy atom. The zero-order valence-corrected chi connectivity index (χ0v) is 14.6. The van der Waals surface area contributed by atoms with Gasteiger partial charge in [0.25, 0.3) is 0 Å². The lowest BCUT2D eigenvalue weighted by molar-refractivity contribution is 0.217. The molecule has 1 saturated heterocycles. The van der Waals surface area contributed by atoms with Gasteiger partial charge in [0.1, 0.15) is 0 Å². The molecule has 122 valence electrons. The van der Waals surface area contributed by atoms with E-state index < -0.39 is 0 Å². The average Bonchev–Trinajstić information content (AvgIpc) is 2.92. The van der Waals surface area contributed by atoms with E-state index in [1.807, 2.05) is 0 Å². The minimum absolute atomic E-state index is 0.759. The lowest BCUT2D eigenvalue weighted by atomic mass is 9.87. The van der Waals surface area contributed by atoms with Crippen molar-refractivity contribution < 1.29 is 0 Å². The number of nitrogens with zero attached hydrogens (tertiary/aromatic N) is 1. The lowest BCUT2D eigenvalue weighted by Gasteiger charge is -2.27. The molecule has 2 unspecified atom stereocenters. The van der Waals surface area contributed by atoms with E-state index in [-0.39, 0.29) is 0 Å². The van der Waals surface area contributed by atoms with Gasteiger partial charge in [0, 0.05) is 19.6 Å². The van der Waals surface area contributed by atoms with Crippen LogP contribution in [0, 0.1) is 17.3 Å². The summed E-state index contributed by atoms with van der Waals surface area (Å²) in [7, 11) is 0. The molecule has 1 aliphatic heterocycles. The third-order valence-electron chi connectivity index (χ3n) is 6.31. The van der Waals surface area contributed by atoms with Crippen LogP contribution in [0.25, 0.3) is 0 Å². The maximum Gasteiger partial charge on any atom is 0.00221 e. The van der Waals surface area contributed by atoms with Gasteiger partial charge in [-0.15, -0.1) is 0 Å². The summed E-state index contributed by atoms with van der Waals surface area (Å²) in [6, 6.07) is 11.0. The number of hydrogen-bond acceptors (Lipinski definition) is 1. The highest BCUT2D eigenvalue weighted by atomic mass is 15.2. The van der Waals surface area contributed by atoms with Crippen LogP contribution in [0.2, 0.25) is 0 Å². The van der Waals surface area contributed by atoms with Crippen molar-refractivity contribution in [2.75, 3.05) is 19.6 Å². The molecule has 0 bridgehead atoms. The highest BCUT2D eigenvalue weighted by Crippen LogP contribution is 2.67. The van der Waals surface area contributed by atoms with E-state index in [4.69, 9.17) is 0 Å². The number of piperidine rings is 1. The Morgan fingerprint density at radius 1 is 0.955 bits per heavy atom. The molecule has 1 heterocycles. The molecule has 2 aliphatic rings. The van der Waals surface area contributed by atoms with Crippen molar-refractivity contribution >= 4 is 0 Å². The zero-order valence-electron chi connectivity index (χ0n) is 14.6. The summed E-state index contributed by atoms with van der Waals surface area (Å²) in [5, 5.41) is 0. The molecule has 22 heavy (non-hydrogen) atoms. The quantitative estimate of drug-likeness (QED) is 0.609. The molecule has 1 nitrogen and oxygen atoms in total. The number of rotatable bonds is 9.